The number of allylic oxidation sites excluding steroid dienone is 2. The van der Waals surface area contributed by atoms with Gasteiger partial charge in [-0.15, -0.1) is 0 Å². The van der Waals surface area contributed by atoms with Gasteiger partial charge in [0.15, 0.2) is 6.21 Å². The quantitative estimate of drug-likeness (QED) is 0.649. The summed E-state index contributed by atoms with van der Waals surface area (Å²) in [6, 6.07) is 7.25. The first kappa shape index (κ1) is 16.9. The molecule has 124 valence electrons. The molecule has 0 aliphatic carbocycles. The number of methoxy groups -OCH3 is 1. The maximum Gasteiger partial charge on any atom is 0.443 e. The number of hydrogen-bond acceptors (Lipinski definition) is 5. The Labute approximate surface area is 136 Å². The molecule has 0 amide bonds. The van der Waals surface area contributed by atoms with Crippen LogP contribution in [0.25, 0.3) is 0 Å². The molecule has 1 unspecified atom stereocenters. The molecule has 0 bridgehead atoms. The van der Waals surface area contributed by atoms with Gasteiger partial charge in [-0.05, 0) is 37.6 Å². The highest BCUT2D eigenvalue weighted by molar-refractivity contribution is 5.91. The van der Waals surface area contributed by atoms with E-state index in [2.05, 4.69) is 22.2 Å². The lowest BCUT2D eigenvalue weighted by Crippen LogP contribution is -2.45. The zero-order valence-corrected chi connectivity index (χ0v) is 13.8. The first-order valence-corrected chi connectivity index (χ1v) is 7.69. The molecular formula is C17H24N3O3+. The molecule has 0 spiro atoms. The zero-order chi connectivity index (χ0) is 16.7. The number of nitrogens with one attached hydrogen (secondary N) is 2. The Kier molecular flexibility index (Phi) is 6.09. The van der Waals surface area contributed by atoms with Crippen molar-refractivity contribution in [1.82, 2.24) is 15.3 Å². The van der Waals surface area contributed by atoms with Gasteiger partial charge >= 0.3 is 5.96 Å². The van der Waals surface area contributed by atoms with E-state index in [4.69, 9.17) is 9.47 Å². The van der Waals surface area contributed by atoms with Gasteiger partial charge in [-0.1, -0.05) is 6.92 Å². The van der Waals surface area contributed by atoms with Gasteiger partial charge < -0.3 is 14.6 Å². The van der Waals surface area contributed by atoms with Crippen molar-refractivity contribution in [3.8, 4) is 11.5 Å². The minimum absolute atomic E-state index is 0.200. The van der Waals surface area contributed by atoms with Crippen molar-refractivity contribution < 1.29 is 14.6 Å². The van der Waals surface area contributed by atoms with Crippen LogP contribution in [0.4, 0.5) is 0 Å². The second-order valence-corrected chi connectivity index (χ2v) is 5.27. The molecule has 6 heteroatoms. The van der Waals surface area contributed by atoms with Crippen molar-refractivity contribution in [3.05, 3.63) is 35.5 Å². The molecule has 1 aromatic rings. The number of aliphatic hydroxyl groups is 1. The summed E-state index contributed by atoms with van der Waals surface area (Å²) in [6.45, 7) is 4.65. The average molecular weight is 318 g/mol. The van der Waals surface area contributed by atoms with E-state index in [1.807, 2.05) is 37.4 Å². The van der Waals surface area contributed by atoms with Crippen molar-refractivity contribution in [2.75, 3.05) is 20.3 Å². The number of ether oxygens (including phenoxy) is 2. The molecule has 1 heterocycles. The fraction of sp³-hybridized carbons (Fsp3) is 0.412. The van der Waals surface area contributed by atoms with Crippen LogP contribution < -0.4 is 24.8 Å². The lowest BCUT2D eigenvalue weighted by atomic mass is 10.2. The Bertz CT molecular complexity index is 616. The topological polar surface area (TPSA) is 76.9 Å². The number of nitrogens with zero attached hydrogens (tertiary/aromatic N) is 1. The normalized spacial score (nSPS) is 14.9. The SMILES string of the molecule is CCC1=C(C)C=[N+]=C(NCC(O)COc2ccc(OC)cc2)N1. The van der Waals surface area contributed by atoms with Crippen molar-refractivity contribution in [1.29, 1.82) is 0 Å². The molecule has 1 aliphatic heterocycles. The van der Waals surface area contributed by atoms with Crippen LogP contribution in [0.1, 0.15) is 20.3 Å². The molecule has 0 aromatic heterocycles. The Morgan fingerprint density at radius 1 is 1.26 bits per heavy atom. The van der Waals surface area contributed by atoms with E-state index in [0.29, 0.717) is 18.3 Å². The first-order valence-electron chi connectivity index (χ1n) is 7.69. The van der Waals surface area contributed by atoms with Crippen LogP contribution in [0.5, 0.6) is 11.5 Å². The molecule has 1 aromatic carbocycles. The summed E-state index contributed by atoms with van der Waals surface area (Å²) in [6.07, 6.45) is 2.09. The molecule has 6 nitrogen and oxygen atoms in total. The summed E-state index contributed by atoms with van der Waals surface area (Å²) < 4.78 is 14.9. The summed E-state index contributed by atoms with van der Waals surface area (Å²) in [5, 5.41) is 16.3. The largest absolute Gasteiger partial charge is 0.497 e. The van der Waals surface area contributed by atoms with Crippen LogP contribution in [0.3, 0.4) is 0 Å². The number of hydrogen-bond donors (Lipinski definition) is 3. The molecule has 1 aliphatic rings. The van der Waals surface area contributed by atoms with Crippen LogP contribution in [-0.2, 0) is 0 Å². The van der Waals surface area contributed by atoms with E-state index in [9.17, 15) is 5.11 Å². The lowest BCUT2D eigenvalue weighted by Gasteiger charge is -2.13. The van der Waals surface area contributed by atoms with Crippen LogP contribution >= 0.6 is 0 Å². The van der Waals surface area contributed by atoms with E-state index >= 15 is 0 Å². The van der Waals surface area contributed by atoms with E-state index in [0.717, 1.165) is 23.4 Å². The number of benzene rings is 1. The molecule has 0 radical (unpaired) electrons. The van der Waals surface area contributed by atoms with Crippen molar-refractivity contribution in [2.24, 2.45) is 0 Å². The Morgan fingerprint density at radius 2 is 1.96 bits per heavy atom. The minimum atomic E-state index is -0.640. The van der Waals surface area contributed by atoms with Gasteiger partial charge in [0.25, 0.3) is 0 Å². The van der Waals surface area contributed by atoms with Gasteiger partial charge in [0.1, 0.15) is 24.2 Å². The number of aliphatic hydroxyl groups excluding tert-OH is 1. The van der Waals surface area contributed by atoms with Crippen LogP contribution in [0, 0.1) is 0 Å². The first-order chi connectivity index (χ1) is 11.1. The van der Waals surface area contributed by atoms with Crippen LogP contribution in [0.2, 0.25) is 0 Å². The average Bonchev–Trinajstić information content (AvgIpc) is 2.59. The van der Waals surface area contributed by atoms with Gasteiger partial charge in [0.05, 0.1) is 19.4 Å². The highest BCUT2D eigenvalue weighted by Gasteiger charge is 2.17. The second-order valence-electron chi connectivity index (χ2n) is 5.27. The van der Waals surface area contributed by atoms with Crippen LogP contribution in [0.15, 0.2) is 35.5 Å². The molecule has 1 atom stereocenters. The van der Waals surface area contributed by atoms with Gasteiger partial charge in [0.2, 0.25) is 0 Å². The van der Waals surface area contributed by atoms with E-state index < -0.39 is 6.10 Å². The van der Waals surface area contributed by atoms with Gasteiger partial charge in [-0.2, -0.15) is 0 Å². The molecule has 0 saturated heterocycles. The molecule has 0 saturated carbocycles. The third-order valence-electron chi connectivity index (χ3n) is 3.49. The number of guanidine groups is 1. The zero-order valence-electron chi connectivity index (χ0n) is 13.8. The monoisotopic (exact) mass is 318 g/mol. The highest BCUT2D eigenvalue weighted by Crippen LogP contribution is 2.16. The van der Waals surface area contributed by atoms with Crippen molar-refractivity contribution in [2.45, 2.75) is 26.4 Å². The van der Waals surface area contributed by atoms with Gasteiger partial charge in [-0.25, -0.2) is 9.98 Å². The second kappa shape index (κ2) is 8.27. The number of rotatable bonds is 7. The molecule has 3 N–H and O–H groups in total. The molecule has 2 rings (SSSR count). The highest BCUT2D eigenvalue weighted by atomic mass is 16.5. The third kappa shape index (κ3) is 5.06. The van der Waals surface area contributed by atoms with E-state index in [-0.39, 0.29) is 6.61 Å². The summed E-state index contributed by atoms with van der Waals surface area (Å²) in [4.78, 5) is 0. The summed E-state index contributed by atoms with van der Waals surface area (Å²) >= 11 is 0. The Hall–Kier alpha value is -2.43. The predicted octanol–water partition coefficient (Wildman–Crippen LogP) is 0.806. The van der Waals surface area contributed by atoms with Gasteiger partial charge in [-0.3, -0.25) is 5.32 Å². The van der Waals surface area contributed by atoms with Gasteiger partial charge in [0, 0.05) is 5.57 Å². The van der Waals surface area contributed by atoms with E-state index in [1.165, 1.54) is 0 Å². The van der Waals surface area contributed by atoms with Crippen molar-refractivity contribution >= 4 is 12.2 Å². The third-order valence-corrected chi connectivity index (χ3v) is 3.49. The standard InChI is InChI=1S/C17H23N3O3/c1-4-16-12(2)9-18-17(20-16)19-10-13(21)11-23-15-7-5-14(22-3)6-8-15/h5-9,13,21H,4,10-11H2,1-3H3,(H,18,19,20)/p+1. The lowest BCUT2D eigenvalue weighted by molar-refractivity contribution is 0.110. The Balaban J connectivity index is 1.75. The summed E-state index contributed by atoms with van der Waals surface area (Å²) in [7, 11) is 1.62. The summed E-state index contributed by atoms with van der Waals surface area (Å²) in [5.74, 6) is 2.11. The molecular weight excluding hydrogens is 294 g/mol. The van der Waals surface area contributed by atoms with Crippen LogP contribution in [-0.4, -0.2) is 43.6 Å². The molecule has 0 fully saturated rings. The van der Waals surface area contributed by atoms with E-state index in [1.54, 1.807) is 7.11 Å². The fourth-order valence-corrected chi connectivity index (χ4v) is 2.11. The maximum atomic E-state index is 10.00. The maximum absolute atomic E-state index is 10.00. The summed E-state index contributed by atoms with van der Waals surface area (Å²) in [5.41, 5.74) is 2.26. The van der Waals surface area contributed by atoms with Crippen molar-refractivity contribution in [3.63, 3.8) is 0 Å². The predicted molar refractivity (Wildman–Crippen MR) is 91.8 cm³/mol. The minimum Gasteiger partial charge on any atom is -0.497 e. The Morgan fingerprint density at radius 3 is 2.61 bits per heavy atom. The fourth-order valence-electron chi connectivity index (χ4n) is 2.11. The smallest absolute Gasteiger partial charge is 0.443 e. The molecule has 23 heavy (non-hydrogen) atoms.